The van der Waals surface area contributed by atoms with Crippen LogP contribution in [0.25, 0.3) is 0 Å². The standard InChI is InChI=1S/C13H19N3O/c1-9-6-12(4-5-14-9)13(17)16-7-10(2)15-11(3)8-16/h4-6,10-11,15H,7-8H2,1-3H3. The molecule has 2 atom stereocenters. The van der Waals surface area contributed by atoms with E-state index >= 15 is 0 Å². The molecule has 1 aromatic rings. The van der Waals surface area contributed by atoms with Crippen LogP contribution in [0.3, 0.4) is 0 Å². The van der Waals surface area contributed by atoms with Gasteiger partial charge in [-0.1, -0.05) is 0 Å². The summed E-state index contributed by atoms with van der Waals surface area (Å²) in [5.74, 6) is 0.107. The van der Waals surface area contributed by atoms with E-state index in [0.29, 0.717) is 12.1 Å². The van der Waals surface area contributed by atoms with Crippen LogP contribution in [0.4, 0.5) is 0 Å². The smallest absolute Gasteiger partial charge is 0.254 e. The normalized spacial score (nSPS) is 24.8. The predicted octanol–water partition coefficient (Wildman–Crippen LogP) is 1.21. The van der Waals surface area contributed by atoms with Gasteiger partial charge in [0.2, 0.25) is 0 Å². The lowest BCUT2D eigenvalue weighted by atomic mass is 10.1. The minimum atomic E-state index is 0.107. The van der Waals surface area contributed by atoms with Crippen LogP contribution < -0.4 is 5.32 Å². The highest BCUT2D eigenvalue weighted by atomic mass is 16.2. The van der Waals surface area contributed by atoms with E-state index in [0.717, 1.165) is 24.3 Å². The van der Waals surface area contributed by atoms with E-state index in [9.17, 15) is 4.79 Å². The van der Waals surface area contributed by atoms with Crippen molar-refractivity contribution in [1.82, 2.24) is 15.2 Å². The highest BCUT2D eigenvalue weighted by molar-refractivity contribution is 5.94. The Labute approximate surface area is 102 Å². The number of pyridine rings is 1. The lowest BCUT2D eigenvalue weighted by Gasteiger charge is -2.36. The molecule has 0 spiro atoms. The Morgan fingerprint density at radius 2 is 2.06 bits per heavy atom. The van der Waals surface area contributed by atoms with Crippen LogP contribution in [0.2, 0.25) is 0 Å². The van der Waals surface area contributed by atoms with Gasteiger partial charge in [0.1, 0.15) is 0 Å². The van der Waals surface area contributed by atoms with Gasteiger partial charge in [-0.2, -0.15) is 0 Å². The molecule has 1 aliphatic rings. The molecule has 92 valence electrons. The Morgan fingerprint density at radius 1 is 1.41 bits per heavy atom. The molecule has 4 nitrogen and oxygen atoms in total. The maximum atomic E-state index is 12.3. The summed E-state index contributed by atoms with van der Waals surface area (Å²) in [6, 6.07) is 4.34. The molecule has 17 heavy (non-hydrogen) atoms. The van der Waals surface area contributed by atoms with Crippen molar-refractivity contribution in [3.8, 4) is 0 Å². The second-order valence-electron chi connectivity index (χ2n) is 4.86. The number of nitrogens with one attached hydrogen (secondary N) is 1. The molecule has 1 fully saturated rings. The molecule has 2 rings (SSSR count). The maximum absolute atomic E-state index is 12.3. The van der Waals surface area contributed by atoms with E-state index in [4.69, 9.17) is 0 Å². The number of amides is 1. The fourth-order valence-electron chi connectivity index (χ4n) is 2.35. The highest BCUT2D eigenvalue weighted by Crippen LogP contribution is 2.10. The quantitative estimate of drug-likeness (QED) is 0.793. The van der Waals surface area contributed by atoms with Gasteiger partial charge < -0.3 is 10.2 Å². The van der Waals surface area contributed by atoms with E-state index < -0.39 is 0 Å². The average Bonchev–Trinajstić information content (AvgIpc) is 2.26. The van der Waals surface area contributed by atoms with E-state index in [1.165, 1.54) is 0 Å². The minimum absolute atomic E-state index is 0.107. The zero-order valence-corrected chi connectivity index (χ0v) is 10.6. The SMILES string of the molecule is Cc1cc(C(=O)N2CC(C)NC(C)C2)ccn1. The first-order valence-electron chi connectivity index (χ1n) is 6.04. The number of hydrogen-bond acceptors (Lipinski definition) is 3. The van der Waals surface area contributed by atoms with Gasteiger partial charge in [-0.05, 0) is 32.9 Å². The molecule has 0 aromatic carbocycles. The van der Waals surface area contributed by atoms with Crippen LogP contribution in [0, 0.1) is 6.92 Å². The third kappa shape index (κ3) is 2.82. The second kappa shape index (κ2) is 4.84. The molecule has 1 amide bonds. The topological polar surface area (TPSA) is 45.2 Å². The predicted molar refractivity (Wildman–Crippen MR) is 66.9 cm³/mol. The molecule has 4 heteroatoms. The van der Waals surface area contributed by atoms with Crippen LogP contribution in [0.5, 0.6) is 0 Å². The summed E-state index contributed by atoms with van der Waals surface area (Å²) in [6.07, 6.45) is 1.69. The van der Waals surface area contributed by atoms with Crippen molar-refractivity contribution in [1.29, 1.82) is 0 Å². The number of piperazine rings is 1. The van der Waals surface area contributed by atoms with Gasteiger partial charge in [0, 0.05) is 42.6 Å². The van der Waals surface area contributed by atoms with Crippen molar-refractivity contribution in [2.75, 3.05) is 13.1 Å². The summed E-state index contributed by atoms with van der Waals surface area (Å²) >= 11 is 0. The number of carbonyl (C=O) groups is 1. The molecule has 1 N–H and O–H groups in total. The van der Waals surface area contributed by atoms with Crippen molar-refractivity contribution < 1.29 is 4.79 Å². The van der Waals surface area contributed by atoms with Gasteiger partial charge in [0.15, 0.2) is 0 Å². The van der Waals surface area contributed by atoms with Gasteiger partial charge in [0.25, 0.3) is 5.91 Å². The number of hydrogen-bond donors (Lipinski definition) is 1. The second-order valence-corrected chi connectivity index (χ2v) is 4.86. The lowest BCUT2D eigenvalue weighted by molar-refractivity contribution is 0.0673. The first kappa shape index (κ1) is 12.0. The summed E-state index contributed by atoms with van der Waals surface area (Å²) in [6.45, 7) is 7.65. The van der Waals surface area contributed by atoms with Crippen molar-refractivity contribution in [3.05, 3.63) is 29.6 Å². The first-order valence-corrected chi connectivity index (χ1v) is 6.04. The third-order valence-electron chi connectivity index (χ3n) is 2.99. The van der Waals surface area contributed by atoms with Crippen LogP contribution in [-0.2, 0) is 0 Å². The number of rotatable bonds is 1. The Balaban J connectivity index is 2.14. The Kier molecular flexibility index (Phi) is 3.43. The van der Waals surface area contributed by atoms with Gasteiger partial charge in [-0.25, -0.2) is 0 Å². The van der Waals surface area contributed by atoms with Gasteiger partial charge in [-0.15, -0.1) is 0 Å². The number of aromatic nitrogens is 1. The van der Waals surface area contributed by atoms with Crippen molar-refractivity contribution >= 4 is 5.91 Å². The fourth-order valence-corrected chi connectivity index (χ4v) is 2.35. The highest BCUT2D eigenvalue weighted by Gasteiger charge is 2.25. The zero-order chi connectivity index (χ0) is 12.4. The molecule has 1 aliphatic heterocycles. The van der Waals surface area contributed by atoms with Crippen molar-refractivity contribution in [2.24, 2.45) is 0 Å². The minimum Gasteiger partial charge on any atom is -0.336 e. The van der Waals surface area contributed by atoms with Gasteiger partial charge in [0.05, 0.1) is 0 Å². The van der Waals surface area contributed by atoms with Crippen LogP contribution in [0.15, 0.2) is 18.3 Å². The Hall–Kier alpha value is -1.42. The van der Waals surface area contributed by atoms with Gasteiger partial charge >= 0.3 is 0 Å². The summed E-state index contributed by atoms with van der Waals surface area (Å²) in [7, 11) is 0. The monoisotopic (exact) mass is 233 g/mol. The van der Waals surface area contributed by atoms with E-state index in [2.05, 4.69) is 24.1 Å². The fraction of sp³-hybridized carbons (Fsp3) is 0.538. The Morgan fingerprint density at radius 3 is 2.65 bits per heavy atom. The largest absolute Gasteiger partial charge is 0.336 e. The zero-order valence-electron chi connectivity index (χ0n) is 10.6. The molecule has 0 bridgehead atoms. The third-order valence-corrected chi connectivity index (χ3v) is 2.99. The van der Waals surface area contributed by atoms with E-state index in [-0.39, 0.29) is 5.91 Å². The van der Waals surface area contributed by atoms with Crippen molar-refractivity contribution in [3.63, 3.8) is 0 Å². The van der Waals surface area contributed by atoms with E-state index in [1.54, 1.807) is 12.3 Å². The molecule has 1 aromatic heterocycles. The molecule has 1 saturated heterocycles. The number of carbonyl (C=O) groups excluding carboxylic acids is 1. The van der Waals surface area contributed by atoms with Crippen LogP contribution in [0.1, 0.15) is 29.9 Å². The molecular weight excluding hydrogens is 214 g/mol. The molecule has 2 heterocycles. The van der Waals surface area contributed by atoms with E-state index in [1.807, 2.05) is 17.9 Å². The molecule has 0 aliphatic carbocycles. The first-order chi connectivity index (χ1) is 8.06. The molecular formula is C13H19N3O. The summed E-state index contributed by atoms with van der Waals surface area (Å²) < 4.78 is 0. The molecule has 2 unspecified atom stereocenters. The number of nitrogens with zero attached hydrogens (tertiary/aromatic N) is 2. The number of aryl methyl sites for hydroxylation is 1. The molecule has 0 radical (unpaired) electrons. The Bertz CT molecular complexity index is 409. The van der Waals surface area contributed by atoms with Crippen LogP contribution >= 0.6 is 0 Å². The van der Waals surface area contributed by atoms with Crippen LogP contribution in [-0.4, -0.2) is 41.0 Å². The molecule has 0 saturated carbocycles. The maximum Gasteiger partial charge on any atom is 0.254 e. The average molecular weight is 233 g/mol. The summed E-state index contributed by atoms with van der Waals surface area (Å²) in [5.41, 5.74) is 1.62. The summed E-state index contributed by atoms with van der Waals surface area (Å²) in [5, 5.41) is 3.42. The van der Waals surface area contributed by atoms with Crippen molar-refractivity contribution in [2.45, 2.75) is 32.9 Å². The van der Waals surface area contributed by atoms with Gasteiger partial charge in [-0.3, -0.25) is 9.78 Å². The lowest BCUT2D eigenvalue weighted by Crippen LogP contribution is -2.55. The summed E-state index contributed by atoms with van der Waals surface area (Å²) in [4.78, 5) is 18.3.